The molecule has 1 aliphatic carbocycles. The van der Waals surface area contributed by atoms with Gasteiger partial charge in [-0.15, -0.1) is 0 Å². The fourth-order valence-electron chi connectivity index (χ4n) is 1.93. The maximum Gasteiger partial charge on any atom is 0.345 e. The van der Waals surface area contributed by atoms with E-state index in [1.165, 1.54) is 19.3 Å². The molecule has 0 aliphatic heterocycles. The van der Waals surface area contributed by atoms with E-state index in [1.807, 2.05) is 20.8 Å². The summed E-state index contributed by atoms with van der Waals surface area (Å²) in [6, 6.07) is 0. The third-order valence-electron chi connectivity index (χ3n) is 2.81. The van der Waals surface area contributed by atoms with Crippen molar-refractivity contribution < 1.29 is 14.6 Å². The molecule has 0 heterocycles. The molecule has 0 bridgehead atoms. The van der Waals surface area contributed by atoms with Crippen LogP contribution in [-0.4, -0.2) is 11.6 Å². The molecule has 1 fully saturated rings. The molecule has 16 heavy (non-hydrogen) atoms. The van der Waals surface area contributed by atoms with Crippen LogP contribution in [0.5, 0.6) is 0 Å². The number of carbonyl (C=O) groups excluding carboxylic acids is 1. The highest BCUT2D eigenvalue weighted by Crippen LogP contribution is 2.23. The summed E-state index contributed by atoms with van der Waals surface area (Å²) in [5.41, 5.74) is -0.419. The summed E-state index contributed by atoms with van der Waals surface area (Å²) >= 11 is 0. The van der Waals surface area contributed by atoms with E-state index < -0.39 is 5.60 Å². The van der Waals surface area contributed by atoms with Crippen molar-refractivity contribution in [2.24, 2.45) is 5.92 Å². The van der Waals surface area contributed by atoms with Gasteiger partial charge in [0.1, 0.15) is 5.60 Å². The lowest BCUT2D eigenvalue weighted by atomic mass is 9.91. The number of rotatable bonds is 2. The first-order valence-corrected chi connectivity index (χ1v) is 6.38. The van der Waals surface area contributed by atoms with Crippen molar-refractivity contribution in [3.63, 3.8) is 0 Å². The van der Waals surface area contributed by atoms with Gasteiger partial charge in [-0.05, 0) is 33.6 Å². The van der Waals surface area contributed by atoms with Crippen LogP contribution in [0, 0.1) is 5.92 Å². The highest BCUT2D eigenvalue weighted by Gasteiger charge is 2.23. The monoisotopic (exact) mass is 228 g/mol. The second kappa shape index (κ2) is 6.24. The Morgan fingerprint density at radius 1 is 1.00 bits per heavy atom. The van der Waals surface area contributed by atoms with Crippen molar-refractivity contribution >= 4 is 5.97 Å². The third kappa shape index (κ3) is 5.50. The van der Waals surface area contributed by atoms with Crippen molar-refractivity contribution in [2.75, 3.05) is 0 Å². The Hall–Kier alpha value is -0.570. The molecule has 0 radical (unpaired) electrons. The number of hydrogen-bond donors (Lipinski definition) is 0. The SMILES string of the molecule is CC(C)(C)OOC(=O)C1CCCCCCC1. The fraction of sp³-hybridized carbons (Fsp3) is 0.923. The summed E-state index contributed by atoms with van der Waals surface area (Å²) in [6.45, 7) is 5.62. The molecular weight excluding hydrogens is 204 g/mol. The van der Waals surface area contributed by atoms with Crippen LogP contribution >= 0.6 is 0 Å². The van der Waals surface area contributed by atoms with Gasteiger partial charge in [-0.25, -0.2) is 4.79 Å². The molecule has 1 saturated carbocycles. The van der Waals surface area contributed by atoms with Gasteiger partial charge >= 0.3 is 5.97 Å². The second-order valence-corrected chi connectivity index (χ2v) is 5.64. The van der Waals surface area contributed by atoms with Gasteiger partial charge in [-0.2, -0.15) is 4.89 Å². The van der Waals surface area contributed by atoms with Crippen molar-refractivity contribution in [3.8, 4) is 0 Å². The van der Waals surface area contributed by atoms with Crippen LogP contribution in [0.15, 0.2) is 0 Å². The number of hydrogen-bond acceptors (Lipinski definition) is 3. The topological polar surface area (TPSA) is 35.5 Å². The summed E-state index contributed by atoms with van der Waals surface area (Å²) in [6.07, 6.45) is 7.96. The molecule has 0 aromatic rings. The average molecular weight is 228 g/mol. The van der Waals surface area contributed by atoms with E-state index in [-0.39, 0.29) is 11.9 Å². The van der Waals surface area contributed by atoms with Gasteiger partial charge in [-0.1, -0.05) is 32.1 Å². The van der Waals surface area contributed by atoms with Crippen LogP contribution in [0.1, 0.15) is 65.7 Å². The molecule has 3 heteroatoms. The van der Waals surface area contributed by atoms with Gasteiger partial charge in [0, 0.05) is 0 Å². The molecule has 0 aromatic carbocycles. The van der Waals surface area contributed by atoms with Crippen LogP contribution in [0.2, 0.25) is 0 Å². The molecule has 0 spiro atoms. The Kier molecular flexibility index (Phi) is 5.26. The predicted molar refractivity (Wildman–Crippen MR) is 62.7 cm³/mol. The lowest BCUT2D eigenvalue weighted by Crippen LogP contribution is -2.26. The maximum atomic E-state index is 11.8. The van der Waals surface area contributed by atoms with Gasteiger partial charge in [0.15, 0.2) is 0 Å². The van der Waals surface area contributed by atoms with Crippen molar-refractivity contribution in [3.05, 3.63) is 0 Å². The molecule has 0 aromatic heterocycles. The van der Waals surface area contributed by atoms with E-state index in [1.54, 1.807) is 0 Å². The molecule has 3 nitrogen and oxygen atoms in total. The van der Waals surface area contributed by atoms with Crippen LogP contribution in [0.4, 0.5) is 0 Å². The molecule has 1 aliphatic rings. The van der Waals surface area contributed by atoms with Gasteiger partial charge in [0.2, 0.25) is 0 Å². The van der Waals surface area contributed by atoms with E-state index in [9.17, 15) is 4.79 Å². The maximum absolute atomic E-state index is 11.8. The Morgan fingerprint density at radius 3 is 2.00 bits per heavy atom. The molecule has 0 amide bonds. The third-order valence-corrected chi connectivity index (χ3v) is 2.81. The summed E-state index contributed by atoms with van der Waals surface area (Å²) in [7, 11) is 0. The van der Waals surface area contributed by atoms with Crippen LogP contribution in [0.25, 0.3) is 0 Å². The zero-order valence-electron chi connectivity index (χ0n) is 10.8. The molecule has 0 atom stereocenters. The molecule has 0 unspecified atom stereocenters. The minimum atomic E-state index is -0.419. The van der Waals surface area contributed by atoms with E-state index in [4.69, 9.17) is 9.78 Å². The summed E-state index contributed by atoms with van der Waals surface area (Å²) in [5.74, 6) is -0.139. The summed E-state index contributed by atoms with van der Waals surface area (Å²) in [4.78, 5) is 21.7. The minimum Gasteiger partial charge on any atom is -0.298 e. The second-order valence-electron chi connectivity index (χ2n) is 5.64. The Labute approximate surface area is 98.4 Å². The van der Waals surface area contributed by atoms with Crippen LogP contribution in [0.3, 0.4) is 0 Å². The summed E-state index contributed by atoms with van der Waals surface area (Å²) in [5, 5.41) is 0. The zero-order chi connectivity index (χ0) is 12.0. The first-order valence-electron chi connectivity index (χ1n) is 6.38. The normalized spacial score (nSPS) is 19.9. The summed E-state index contributed by atoms with van der Waals surface area (Å²) < 4.78 is 0. The minimum absolute atomic E-state index is 0.0441. The van der Waals surface area contributed by atoms with Gasteiger partial charge in [0.25, 0.3) is 0 Å². The lowest BCUT2D eigenvalue weighted by molar-refractivity contribution is -0.323. The van der Waals surface area contributed by atoms with Gasteiger partial charge < -0.3 is 0 Å². The first-order chi connectivity index (χ1) is 7.49. The highest BCUT2D eigenvalue weighted by atomic mass is 17.2. The van der Waals surface area contributed by atoms with E-state index in [2.05, 4.69) is 0 Å². The van der Waals surface area contributed by atoms with Crippen LogP contribution < -0.4 is 0 Å². The van der Waals surface area contributed by atoms with Gasteiger partial charge in [0.05, 0.1) is 5.92 Å². The largest absolute Gasteiger partial charge is 0.345 e. The van der Waals surface area contributed by atoms with Crippen molar-refractivity contribution in [2.45, 2.75) is 71.3 Å². The fourth-order valence-corrected chi connectivity index (χ4v) is 1.93. The molecule has 0 saturated heterocycles. The molecule has 0 N–H and O–H groups in total. The van der Waals surface area contributed by atoms with E-state index >= 15 is 0 Å². The van der Waals surface area contributed by atoms with E-state index in [0.717, 1.165) is 25.7 Å². The van der Waals surface area contributed by atoms with Crippen molar-refractivity contribution in [1.29, 1.82) is 0 Å². The zero-order valence-corrected chi connectivity index (χ0v) is 10.8. The first kappa shape index (κ1) is 13.5. The number of carbonyl (C=O) groups is 1. The molecular formula is C13H24O3. The van der Waals surface area contributed by atoms with Crippen LogP contribution in [-0.2, 0) is 14.6 Å². The Bertz CT molecular complexity index is 210. The lowest BCUT2D eigenvalue weighted by Gasteiger charge is -2.21. The van der Waals surface area contributed by atoms with E-state index in [0.29, 0.717) is 0 Å². The quantitative estimate of drug-likeness (QED) is 0.535. The molecule has 94 valence electrons. The average Bonchev–Trinajstić information content (AvgIpc) is 2.12. The molecule has 1 rings (SSSR count). The standard InChI is InChI=1S/C13H24O3/c1-13(2,3)16-15-12(14)11-9-7-5-4-6-8-10-11/h11H,4-10H2,1-3H3. The van der Waals surface area contributed by atoms with Crippen molar-refractivity contribution in [1.82, 2.24) is 0 Å². The highest BCUT2D eigenvalue weighted by molar-refractivity contribution is 5.71. The predicted octanol–water partition coefficient (Wildman–Crippen LogP) is 3.62. The van der Waals surface area contributed by atoms with Gasteiger partial charge in [-0.3, -0.25) is 4.89 Å². The Morgan fingerprint density at radius 2 is 1.50 bits per heavy atom. The smallest absolute Gasteiger partial charge is 0.298 e. The Balaban J connectivity index is 2.33.